The molecular formula is C25H24Cl2N4O3. The number of halogens is 2. The van der Waals surface area contributed by atoms with Gasteiger partial charge in [-0.05, 0) is 68.4 Å². The predicted octanol–water partition coefficient (Wildman–Crippen LogP) is 5.68. The number of ether oxygens (including phenoxy) is 1. The van der Waals surface area contributed by atoms with Crippen molar-refractivity contribution in [1.82, 2.24) is 15.0 Å². The van der Waals surface area contributed by atoms with E-state index in [1.54, 1.807) is 35.0 Å². The molecule has 3 aliphatic rings. The van der Waals surface area contributed by atoms with E-state index in [0.29, 0.717) is 34.2 Å². The molecule has 0 radical (unpaired) electrons. The summed E-state index contributed by atoms with van der Waals surface area (Å²) in [5, 5.41) is 19.4. The summed E-state index contributed by atoms with van der Waals surface area (Å²) < 4.78 is 8.47. The Kier molecular flexibility index (Phi) is 5.32. The first-order chi connectivity index (χ1) is 16.4. The first-order valence-electron chi connectivity index (χ1n) is 11.6. The van der Waals surface area contributed by atoms with E-state index in [-0.39, 0.29) is 5.56 Å². The second-order valence-corrected chi connectivity index (χ2v) is 10.3. The van der Waals surface area contributed by atoms with E-state index >= 15 is 0 Å². The van der Waals surface area contributed by atoms with Crippen LogP contribution in [0.3, 0.4) is 0 Å². The number of fused-ring (bicyclic) bond motifs is 2. The van der Waals surface area contributed by atoms with Gasteiger partial charge in [0.2, 0.25) is 0 Å². The van der Waals surface area contributed by atoms with E-state index in [4.69, 9.17) is 27.9 Å². The van der Waals surface area contributed by atoms with Gasteiger partial charge in [-0.1, -0.05) is 40.5 Å². The highest BCUT2D eigenvalue weighted by molar-refractivity contribution is 6.37. The summed E-state index contributed by atoms with van der Waals surface area (Å²) in [6, 6.07) is 12.5. The second-order valence-electron chi connectivity index (χ2n) is 9.49. The molecule has 1 aromatic heterocycles. The van der Waals surface area contributed by atoms with E-state index in [1.807, 2.05) is 12.1 Å². The van der Waals surface area contributed by atoms with Gasteiger partial charge >= 0.3 is 5.97 Å². The third-order valence-electron chi connectivity index (χ3n) is 7.27. The first-order valence-corrected chi connectivity index (χ1v) is 12.3. The molecule has 9 heteroatoms. The van der Waals surface area contributed by atoms with Crippen molar-refractivity contribution >= 4 is 34.9 Å². The van der Waals surface area contributed by atoms with E-state index < -0.39 is 11.7 Å². The normalized spacial score (nSPS) is 23.6. The van der Waals surface area contributed by atoms with Gasteiger partial charge in [0, 0.05) is 18.2 Å². The van der Waals surface area contributed by atoms with E-state index in [0.717, 1.165) is 55.7 Å². The molecule has 34 heavy (non-hydrogen) atoms. The Balaban J connectivity index is 1.34. The van der Waals surface area contributed by atoms with Crippen LogP contribution in [0.5, 0.6) is 0 Å². The van der Waals surface area contributed by atoms with Gasteiger partial charge in [-0.25, -0.2) is 9.48 Å². The Labute approximate surface area is 207 Å². The number of carboxylic acids is 1. The number of nitrogens with zero attached hydrogens (tertiary/aromatic N) is 4. The van der Waals surface area contributed by atoms with Crippen molar-refractivity contribution in [3.8, 4) is 5.69 Å². The Morgan fingerprint density at radius 2 is 1.91 bits per heavy atom. The quantitative estimate of drug-likeness (QED) is 0.451. The molecule has 2 bridgehead atoms. The van der Waals surface area contributed by atoms with Gasteiger partial charge in [0.25, 0.3) is 0 Å². The van der Waals surface area contributed by atoms with Crippen molar-refractivity contribution in [2.75, 3.05) is 11.4 Å². The smallest absolute Gasteiger partial charge is 0.335 e. The molecule has 1 N–H and O–H groups in total. The van der Waals surface area contributed by atoms with Crippen LogP contribution in [0.2, 0.25) is 10.0 Å². The minimum Gasteiger partial charge on any atom is -0.478 e. The fourth-order valence-electron chi connectivity index (χ4n) is 5.46. The molecule has 3 aromatic rings. The number of hydrogen-bond donors (Lipinski definition) is 1. The first kappa shape index (κ1) is 21.9. The maximum absolute atomic E-state index is 11.5. The lowest BCUT2D eigenvalue weighted by atomic mass is 10.1. The zero-order valence-electron chi connectivity index (χ0n) is 18.5. The summed E-state index contributed by atoms with van der Waals surface area (Å²) in [5.74, 6) is -0.0198. The van der Waals surface area contributed by atoms with Crippen molar-refractivity contribution in [3.63, 3.8) is 0 Å². The number of aromatic nitrogens is 3. The van der Waals surface area contributed by atoms with Crippen LogP contribution in [0, 0.1) is 5.92 Å². The molecule has 3 fully saturated rings. The second kappa shape index (κ2) is 8.26. The van der Waals surface area contributed by atoms with Crippen molar-refractivity contribution in [2.24, 2.45) is 5.92 Å². The number of carbonyl (C=O) groups is 1. The molecule has 0 unspecified atom stereocenters. The van der Waals surface area contributed by atoms with Gasteiger partial charge in [0.05, 0.1) is 33.6 Å². The number of rotatable bonds is 7. The molecular weight excluding hydrogens is 475 g/mol. The number of benzene rings is 2. The van der Waals surface area contributed by atoms with E-state index in [1.165, 1.54) is 0 Å². The van der Waals surface area contributed by atoms with Gasteiger partial charge < -0.3 is 14.7 Å². The highest BCUT2D eigenvalue weighted by Gasteiger charge is 2.52. The van der Waals surface area contributed by atoms with Crippen LogP contribution in [-0.2, 0) is 11.3 Å². The maximum Gasteiger partial charge on any atom is 0.335 e. The molecule has 2 aliphatic carbocycles. The van der Waals surface area contributed by atoms with Gasteiger partial charge in [-0.2, -0.15) is 0 Å². The SMILES string of the molecule is O=C(O)c1cccc(N2C[C@H]3CC[C@]2(OCc2c(C4CC4)nnn2-c2c(Cl)cccc2Cl)C3)c1. The largest absolute Gasteiger partial charge is 0.478 e. The topological polar surface area (TPSA) is 80.5 Å². The van der Waals surface area contributed by atoms with Crippen LogP contribution in [0.4, 0.5) is 5.69 Å². The van der Waals surface area contributed by atoms with Gasteiger partial charge in [0.15, 0.2) is 0 Å². The van der Waals surface area contributed by atoms with Gasteiger partial charge in [0.1, 0.15) is 11.4 Å². The van der Waals surface area contributed by atoms with Crippen LogP contribution < -0.4 is 4.90 Å². The summed E-state index contributed by atoms with van der Waals surface area (Å²) in [6.07, 6.45) is 5.07. The summed E-state index contributed by atoms with van der Waals surface area (Å²) in [7, 11) is 0. The number of aromatic carboxylic acids is 1. The minimum atomic E-state index is -0.929. The number of carboxylic acid groups (broad SMARTS) is 1. The fraction of sp³-hybridized carbons (Fsp3) is 0.400. The zero-order valence-corrected chi connectivity index (χ0v) is 20.0. The standard InChI is InChI=1S/C25H24Cl2N4O3/c26-19-5-2-6-20(27)23(19)31-21(22(28-29-31)16-7-8-16)14-34-25-10-9-15(12-25)13-30(25)18-4-1-3-17(11-18)24(32)33/h1-6,11,15-16H,7-10,12-14H2,(H,32,33)/t15-,25-/m0/s1. The van der Waals surface area contributed by atoms with Crippen molar-refractivity contribution < 1.29 is 14.6 Å². The molecule has 1 saturated heterocycles. The lowest BCUT2D eigenvalue weighted by Crippen LogP contribution is -2.47. The molecule has 0 amide bonds. The molecule has 2 aromatic carbocycles. The predicted molar refractivity (Wildman–Crippen MR) is 129 cm³/mol. The molecule has 2 heterocycles. The van der Waals surface area contributed by atoms with E-state index in [2.05, 4.69) is 15.2 Å². The minimum absolute atomic E-state index is 0.280. The molecule has 176 valence electrons. The number of para-hydroxylation sites is 1. The molecule has 0 spiro atoms. The average molecular weight is 499 g/mol. The molecule has 1 aliphatic heterocycles. The van der Waals surface area contributed by atoms with Crippen LogP contribution in [0.1, 0.15) is 59.8 Å². The molecule has 2 saturated carbocycles. The van der Waals surface area contributed by atoms with Crippen molar-refractivity contribution in [3.05, 3.63) is 69.5 Å². The van der Waals surface area contributed by atoms with Crippen LogP contribution in [-0.4, -0.2) is 38.3 Å². The fourth-order valence-corrected chi connectivity index (χ4v) is 6.02. The molecule has 7 nitrogen and oxygen atoms in total. The highest BCUT2D eigenvalue weighted by Crippen LogP contribution is 2.50. The number of hydrogen-bond acceptors (Lipinski definition) is 5. The van der Waals surface area contributed by atoms with Crippen LogP contribution in [0.15, 0.2) is 42.5 Å². The lowest BCUT2D eigenvalue weighted by Gasteiger charge is -2.40. The third-order valence-corrected chi connectivity index (χ3v) is 7.88. The van der Waals surface area contributed by atoms with Crippen molar-refractivity contribution in [1.29, 1.82) is 0 Å². The summed E-state index contributed by atoms with van der Waals surface area (Å²) in [6.45, 7) is 1.18. The third kappa shape index (κ3) is 3.67. The number of anilines is 1. The highest BCUT2D eigenvalue weighted by atomic mass is 35.5. The van der Waals surface area contributed by atoms with Crippen LogP contribution in [0.25, 0.3) is 5.69 Å². The molecule has 2 atom stereocenters. The Bertz CT molecular complexity index is 1250. The Morgan fingerprint density at radius 3 is 2.62 bits per heavy atom. The summed E-state index contributed by atoms with van der Waals surface area (Å²) >= 11 is 13.0. The Morgan fingerprint density at radius 1 is 1.15 bits per heavy atom. The summed E-state index contributed by atoms with van der Waals surface area (Å²) in [5.41, 5.74) is 3.11. The van der Waals surface area contributed by atoms with Crippen LogP contribution >= 0.6 is 23.2 Å². The lowest BCUT2D eigenvalue weighted by molar-refractivity contribution is -0.0471. The Hall–Kier alpha value is -2.61. The van der Waals surface area contributed by atoms with E-state index in [9.17, 15) is 9.90 Å². The maximum atomic E-state index is 11.5. The van der Waals surface area contributed by atoms with Crippen molar-refractivity contribution in [2.45, 2.75) is 50.4 Å². The molecule has 6 rings (SSSR count). The van der Waals surface area contributed by atoms with Gasteiger partial charge in [-0.15, -0.1) is 5.10 Å². The zero-order chi connectivity index (χ0) is 23.4. The average Bonchev–Trinajstić information content (AvgIpc) is 3.31. The monoisotopic (exact) mass is 498 g/mol. The number of piperidine rings is 1. The summed E-state index contributed by atoms with van der Waals surface area (Å²) in [4.78, 5) is 13.8. The van der Waals surface area contributed by atoms with Gasteiger partial charge in [-0.3, -0.25) is 0 Å².